The molecule has 1 aliphatic carbocycles. The van der Waals surface area contributed by atoms with Crippen LogP contribution in [-0.2, 0) is 12.8 Å². The number of nitrogens with one attached hydrogen (secondary N) is 1. The molecule has 0 spiro atoms. The minimum atomic E-state index is -0.0724. The monoisotopic (exact) mass is 360 g/mol. The molecule has 0 unspecified atom stereocenters. The third-order valence-corrected chi connectivity index (χ3v) is 5.74. The highest BCUT2D eigenvalue weighted by atomic mass is 35.5. The minimum absolute atomic E-state index is 0.0724. The molecule has 0 atom stereocenters. The SMILES string of the molecule is CCOc1ccc(Cl)cc1-c1nc2sc3c(c2c(=O)[nH]1)CCCC3. The van der Waals surface area contributed by atoms with Gasteiger partial charge in [-0.3, -0.25) is 4.79 Å². The second-order valence-corrected chi connectivity index (χ2v) is 7.40. The quantitative estimate of drug-likeness (QED) is 0.743. The Morgan fingerprint density at radius 2 is 2.17 bits per heavy atom. The van der Waals surface area contributed by atoms with Gasteiger partial charge in [0, 0.05) is 9.90 Å². The molecule has 0 bridgehead atoms. The van der Waals surface area contributed by atoms with Crippen LogP contribution in [0, 0.1) is 0 Å². The van der Waals surface area contributed by atoms with Crippen LogP contribution in [-0.4, -0.2) is 16.6 Å². The van der Waals surface area contributed by atoms with Crippen LogP contribution in [0.4, 0.5) is 0 Å². The van der Waals surface area contributed by atoms with Gasteiger partial charge in [0.15, 0.2) is 0 Å². The van der Waals surface area contributed by atoms with Crippen molar-refractivity contribution < 1.29 is 4.74 Å². The van der Waals surface area contributed by atoms with Gasteiger partial charge in [0.1, 0.15) is 16.4 Å². The molecule has 0 saturated carbocycles. The first kappa shape index (κ1) is 15.7. The molecule has 0 amide bonds. The maximum atomic E-state index is 12.7. The number of H-pyrrole nitrogens is 1. The fourth-order valence-corrected chi connectivity index (χ4v) is 4.69. The summed E-state index contributed by atoms with van der Waals surface area (Å²) < 4.78 is 5.66. The topological polar surface area (TPSA) is 55.0 Å². The molecule has 1 aliphatic rings. The van der Waals surface area contributed by atoms with E-state index in [-0.39, 0.29) is 5.56 Å². The minimum Gasteiger partial charge on any atom is -0.493 e. The Labute approximate surface area is 148 Å². The van der Waals surface area contributed by atoms with E-state index in [0.29, 0.717) is 23.2 Å². The van der Waals surface area contributed by atoms with Gasteiger partial charge in [-0.2, -0.15) is 0 Å². The fourth-order valence-electron chi connectivity index (χ4n) is 3.26. The Morgan fingerprint density at radius 3 is 3.00 bits per heavy atom. The molecule has 0 saturated heterocycles. The van der Waals surface area contributed by atoms with Crippen molar-refractivity contribution in [3.05, 3.63) is 44.0 Å². The summed E-state index contributed by atoms with van der Waals surface area (Å²) in [5.74, 6) is 1.18. The number of aromatic nitrogens is 2. The highest BCUT2D eigenvalue weighted by molar-refractivity contribution is 7.18. The van der Waals surface area contributed by atoms with Gasteiger partial charge in [0.05, 0.1) is 17.6 Å². The van der Waals surface area contributed by atoms with E-state index in [4.69, 9.17) is 21.3 Å². The standard InChI is InChI=1S/C18H17ClN2O2S/c1-2-23-13-8-7-10(19)9-12(13)16-20-17(22)15-11-5-3-4-6-14(11)24-18(15)21-16/h7-9H,2-6H2,1H3,(H,20,21,22). The van der Waals surface area contributed by atoms with Crippen LogP contribution in [0.3, 0.4) is 0 Å². The largest absolute Gasteiger partial charge is 0.493 e. The number of thiophene rings is 1. The van der Waals surface area contributed by atoms with E-state index in [1.807, 2.05) is 13.0 Å². The van der Waals surface area contributed by atoms with Gasteiger partial charge in [-0.05, 0) is 56.4 Å². The van der Waals surface area contributed by atoms with E-state index in [2.05, 4.69) is 4.98 Å². The lowest BCUT2D eigenvalue weighted by molar-refractivity contribution is 0.341. The Balaban J connectivity index is 1.93. The number of aromatic amines is 1. The number of hydrogen-bond donors (Lipinski definition) is 1. The van der Waals surface area contributed by atoms with E-state index in [0.717, 1.165) is 35.0 Å². The molecule has 2 heterocycles. The molecule has 1 aromatic carbocycles. The van der Waals surface area contributed by atoms with E-state index < -0.39 is 0 Å². The first-order chi connectivity index (χ1) is 11.7. The van der Waals surface area contributed by atoms with Crippen LogP contribution in [0.5, 0.6) is 5.75 Å². The third kappa shape index (κ3) is 2.62. The molecule has 1 N–H and O–H groups in total. The number of nitrogens with zero attached hydrogens (tertiary/aromatic N) is 1. The van der Waals surface area contributed by atoms with Gasteiger partial charge in [-0.15, -0.1) is 11.3 Å². The Morgan fingerprint density at radius 1 is 1.33 bits per heavy atom. The molecule has 24 heavy (non-hydrogen) atoms. The third-order valence-electron chi connectivity index (χ3n) is 4.32. The molecular formula is C18H17ClN2O2S. The van der Waals surface area contributed by atoms with Crippen LogP contribution in [0.2, 0.25) is 5.02 Å². The van der Waals surface area contributed by atoms with Crippen molar-refractivity contribution in [2.45, 2.75) is 32.6 Å². The molecule has 0 aliphatic heterocycles. The lowest BCUT2D eigenvalue weighted by Gasteiger charge is -2.11. The first-order valence-corrected chi connectivity index (χ1v) is 9.34. The lowest BCUT2D eigenvalue weighted by Crippen LogP contribution is -2.11. The second-order valence-electron chi connectivity index (χ2n) is 5.88. The van der Waals surface area contributed by atoms with E-state index in [1.54, 1.807) is 23.5 Å². The van der Waals surface area contributed by atoms with Crippen molar-refractivity contribution in [2.24, 2.45) is 0 Å². The Kier molecular flexibility index (Phi) is 4.06. The predicted molar refractivity (Wildman–Crippen MR) is 98.5 cm³/mol. The normalized spacial score (nSPS) is 13.9. The van der Waals surface area contributed by atoms with E-state index >= 15 is 0 Å². The zero-order chi connectivity index (χ0) is 16.7. The summed E-state index contributed by atoms with van der Waals surface area (Å²) in [7, 11) is 0. The number of halogens is 1. The second kappa shape index (κ2) is 6.22. The highest BCUT2D eigenvalue weighted by Gasteiger charge is 2.21. The summed E-state index contributed by atoms with van der Waals surface area (Å²) in [5, 5.41) is 1.35. The maximum absolute atomic E-state index is 12.7. The number of fused-ring (bicyclic) bond motifs is 3. The zero-order valence-electron chi connectivity index (χ0n) is 13.3. The van der Waals surface area contributed by atoms with Crippen LogP contribution in [0.1, 0.15) is 30.2 Å². The summed E-state index contributed by atoms with van der Waals surface area (Å²) in [6.45, 7) is 2.46. The van der Waals surface area contributed by atoms with Gasteiger partial charge in [-0.1, -0.05) is 11.6 Å². The average Bonchev–Trinajstić information content (AvgIpc) is 2.95. The van der Waals surface area contributed by atoms with Crippen molar-refractivity contribution in [1.82, 2.24) is 9.97 Å². The number of ether oxygens (including phenoxy) is 1. The van der Waals surface area contributed by atoms with Gasteiger partial charge in [0.25, 0.3) is 5.56 Å². The van der Waals surface area contributed by atoms with Crippen LogP contribution in [0.25, 0.3) is 21.6 Å². The summed E-state index contributed by atoms with van der Waals surface area (Å²) in [5.41, 5.74) is 1.84. The van der Waals surface area contributed by atoms with Crippen molar-refractivity contribution in [3.8, 4) is 17.1 Å². The average molecular weight is 361 g/mol. The Bertz CT molecular complexity index is 977. The van der Waals surface area contributed by atoms with Crippen molar-refractivity contribution in [2.75, 3.05) is 6.61 Å². The molecule has 124 valence electrons. The Hall–Kier alpha value is -1.85. The molecular weight excluding hydrogens is 344 g/mol. The fraction of sp³-hybridized carbons (Fsp3) is 0.333. The number of benzene rings is 1. The smallest absolute Gasteiger partial charge is 0.260 e. The summed E-state index contributed by atoms with van der Waals surface area (Å²) in [6.07, 6.45) is 4.35. The van der Waals surface area contributed by atoms with Crippen LogP contribution < -0.4 is 10.3 Å². The lowest BCUT2D eigenvalue weighted by atomic mass is 9.97. The van der Waals surface area contributed by atoms with Crippen LogP contribution >= 0.6 is 22.9 Å². The molecule has 3 aromatic rings. The molecule has 6 heteroatoms. The molecule has 2 aromatic heterocycles. The van der Waals surface area contributed by atoms with Crippen molar-refractivity contribution in [1.29, 1.82) is 0 Å². The van der Waals surface area contributed by atoms with Gasteiger partial charge >= 0.3 is 0 Å². The van der Waals surface area contributed by atoms with Crippen molar-refractivity contribution >= 4 is 33.2 Å². The predicted octanol–water partition coefficient (Wildman–Crippen LogP) is 4.58. The van der Waals surface area contributed by atoms with E-state index in [1.165, 1.54) is 16.9 Å². The highest BCUT2D eigenvalue weighted by Crippen LogP contribution is 2.36. The van der Waals surface area contributed by atoms with E-state index in [9.17, 15) is 4.79 Å². The summed E-state index contributed by atoms with van der Waals surface area (Å²) in [6, 6.07) is 5.37. The molecule has 0 fully saturated rings. The summed E-state index contributed by atoms with van der Waals surface area (Å²) in [4.78, 5) is 22.5. The molecule has 0 radical (unpaired) electrons. The van der Waals surface area contributed by atoms with Gasteiger partial charge in [0.2, 0.25) is 0 Å². The van der Waals surface area contributed by atoms with Gasteiger partial charge < -0.3 is 9.72 Å². The molecule has 4 rings (SSSR count). The van der Waals surface area contributed by atoms with Crippen molar-refractivity contribution in [3.63, 3.8) is 0 Å². The number of hydrogen-bond acceptors (Lipinski definition) is 4. The number of aryl methyl sites for hydroxylation is 2. The van der Waals surface area contributed by atoms with Crippen LogP contribution in [0.15, 0.2) is 23.0 Å². The molecule has 4 nitrogen and oxygen atoms in total. The number of rotatable bonds is 3. The zero-order valence-corrected chi connectivity index (χ0v) is 14.9. The first-order valence-electron chi connectivity index (χ1n) is 8.14. The van der Waals surface area contributed by atoms with Gasteiger partial charge in [-0.25, -0.2) is 4.98 Å². The summed E-state index contributed by atoms with van der Waals surface area (Å²) >= 11 is 7.78. The maximum Gasteiger partial charge on any atom is 0.260 e.